The van der Waals surface area contributed by atoms with Crippen LogP contribution in [0.3, 0.4) is 0 Å². The van der Waals surface area contributed by atoms with Gasteiger partial charge in [-0.15, -0.1) is 0 Å². The Balaban J connectivity index is 1.94. The molecule has 6 heteroatoms. The molecule has 1 aliphatic rings. The van der Waals surface area contributed by atoms with Crippen molar-refractivity contribution in [1.82, 2.24) is 10.2 Å². The summed E-state index contributed by atoms with van der Waals surface area (Å²) in [5, 5.41) is 14.8. The van der Waals surface area contributed by atoms with Crippen molar-refractivity contribution in [1.29, 1.82) is 0 Å². The second-order valence-corrected chi connectivity index (χ2v) is 6.64. The minimum absolute atomic E-state index is 0.000518. The number of carbonyl (C=O) groups excluding carboxylic acids is 1. The Labute approximate surface area is 151 Å². The summed E-state index contributed by atoms with van der Waals surface area (Å²) >= 11 is 0. The van der Waals surface area contributed by atoms with E-state index in [1.54, 1.807) is 0 Å². The van der Waals surface area contributed by atoms with E-state index in [4.69, 9.17) is 5.11 Å². The molecule has 1 aromatic carbocycles. The predicted octanol–water partition coefficient (Wildman–Crippen LogP) is 2.42. The lowest BCUT2D eigenvalue weighted by Gasteiger charge is -2.35. The van der Waals surface area contributed by atoms with Crippen LogP contribution < -0.4 is 15.5 Å². The average Bonchev–Trinajstić information content (AvgIpc) is 2.63. The maximum absolute atomic E-state index is 12.1. The second-order valence-electron chi connectivity index (χ2n) is 6.64. The van der Waals surface area contributed by atoms with Crippen LogP contribution in [0.15, 0.2) is 18.2 Å². The van der Waals surface area contributed by atoms with E-state index in [1.807, 2.05) is 19.9 Å². The SMILES string of the molecule is CCC(CCO)NC(=O)Nc1ccc(N2CCN(CC)CC2)cc1C. The fraction of sp³-hybridized carbons (Fsp3) is 0.632. The molecule has 0 bridgehead atoms. The number of amides is 2. The number of urea groups is 1. The molecule has 1 heterocycles. The molecule has 0 aliphatic carbocycles. The molecule has 0 spiro atoms. The fourth-order valence-electron chi connectivity index (χ4n) is 3.19. The van der Waals surface area contributed by atoms with Crippen LogP contribution >= 0.6 is 0 Å². The quantitative estimate of drug-likeness (QED) is 0.708. The van der Waals surface area contributed by atoms with Crippen LogP contribution in [0.2, 0.25) is 0 Å². The van der Waals surface area contributed by atoms with Crippen LogP contribution in [0.25, 0.3) is 0 Å². The standard InChI is InChI=1S/C19H32N4O2/c1-4-16(8-13-24)20-19(25)21-18-7-6-17(14-15(18)3)23-11-9-22(5-2)10-12-23/h6-7,14,16,24H,4-5,8-13H2,1-3H3,(H2,20,21,25). The first kappa shape index (κ1) is 19.5. The van der Waals surface area contributed by atoms with E-state index >= 15 is 0 Å². The maximum Gasteiger partial charge on any atom is 0.319 e. The smallest absolute Gasteiger partial charge is 0.319 e. The van der Waals surface area contributed by atoms with Gasteiger partial charge in [0.2, 0.25) is 0 Å². The minimum Gasteiger partial charge on any atom is -0.396 e. The van der Waals surface area contributed by atoms with Gasteiger partial charge in [-0.1, -0.05) is 13.8 Å². The normalized spacial score (nSPS) is 16.6. The molecule has 0 aromatic heterocycles. The van der Waals surface area contributed by atoms with Gasteiger partial charge in [-0.2, -0.15) is 0 Å². The molecule has 1 saturated heterocycles. The number of likely N-dealkylation sites (N-methyl/N-ethyl adjacent to an activating group) is 1. The van der Waals surface area contributed by atoms with Crippen LogP contribution in [-0.2, 0) is 0 Å². The molecule has 140 valence electrons. The van der Waals surface area contributed by atoms with Crippen LogP contribution in [0.1, 0.15) is 32.3 Å². The average molecular weight is 348 g/mol. The van der Waals surface area contributed by atoms with Crippen molar-refractivity contribution in [2.24, 2.45) is 0 Å². The molecule has 1 fully saturated rings. The molecule has 1 atom stereocenters. The Hall–Kier alpha value is -1.79. The number of aliphatic hydroxyl groups excluding tert-OH is 1. The third-order valence-corrected chi connectivity index (χ3v) is 4.95. The third-order valence-electron chi connectivity index (χ3n) is 4.95. The summed E-state index contributed by atoms with van der Waals surface area (Å²) in [4.78, 5) is 17.0. The molecule has 0 radical (unpaired) electrons. The highest BCUT2D eigenvalue weighted by Gasteiger charge is 2.17. The zero-order chi connectivity index (χ0) is 18.2. The first-order valence-electron chi connectivity index (χ1n) is 9.33. The minimum atomic E-state index is -0.215. The first-order valence-corrected chi connectivity index (χ1v) is 9.33. The molecular formula is C19H32N4O2. The highest BCUT2D eigenvalue weighted by Crippen LogP contribution is 2.23. The van der Waals surface area contributed by atoms with Crippen LogP contribution in [0, 0.1) is 6.92 Å². The summed E-state index contributed by atoms with van der Waals surface area (Å²) in [6, 6.07) is 5.98. The summed E-state index contributed by atoms with van der Waals surface area (Å²) < 4.78 is 0. The van der Waals surface area contributed by atoms with Crippen molar-refractivity contribution in [2.75, 3.05) is 49.5 Å². The third kappa shape index (κ3) is 5.61. The lowest BCUT2D eigenvalue weighted by molar-refractivity contribution is 0.237. The molecule has 1 unspecified atom stereocenters. The number of carbonyl (C=O) groups is 1. The first-order chi connectivity index (χ1) is 12.1. The molecule has 3 N–H and O–H groups in total. The number of hydrogen-bond acceptors (Lipinski definition) is 4. The van der Waals surface area contributed by atoms with Gasteiger partial charge in [0.05, 0.1) is 0 Å². The number of piperazine rings is 1. The van der Waals surface area contributed by atoms with Gasteiger partial charge in [0.25, 0.3) is 0 Å². The molecule has 2 amide bonds. The number of anilines is 2. The number of nitrogens with one attached hydrogen (secondary N) is 2. The predicted molar refractivity (Wildman–Crippen MR) is 103 cm³/mol. The van der Waals surface area contributed by atoms with Crippen molar-refractivity contribution in [3.05, 3.63) is 23.8 Å². The van der Waals surface area contributed by atoms with E-state index in [9.17, 15) is 4.79 Å². The van der Waals surface area contributed by atoms with Crippen LogP contribution in [0.4, 0.5) is 16.2 Å². The van der Waals surface area contributed by atoms with Crippen molar-refractivity contribution in [2.45, 2.75) is 39.7 Å². The molecule has 0 saturated carbocycles. The monoisotopic (exact) mass is 348 g/mol. The fourth-order valence-corrected chi connectivity index (χ4v) is 3.19. The molecule has 2 rings (SSSR count). The van der Waals surface area contributed by atoms with E-state index in [1.165, 1.54) is 5.69 Å². The van der Waals surface area contributed by atoms with Crippen molar-refractivity contribution in [3.63, 3.8) is 0 Å². The van der Waals surface area contributed by atoms with E-state index in [-0.39, 0.29) is 18.7 Å². The van der Waals surface area contributed by atoms with Gasteiger partial charge < -0.3 is 25.5 Å². The Morgan fingerprint density at radius 3 is 2.52 bits per heavy atom. The topological polar surface area (TPSA) is 67.8 Å². The lowest BCUT2D eigenvalue weighted by atomic mass is 10.1. The van der Waals surface area contributed by atoms with Crippen molar-refractivity contribution >= 4 is 17.4 Å². The zero-order valence-electron chi connectivity index (χ0n) is 15.7. The molecule has 25 heavy (non-hydrogen) atoms. The number of hydrogen-bond donors (Lipinski definition) is 3. The van der Waals surface area contributed by atoms with Crippen molar-refractivity contribution < 1.29 is 9.90 Å². The number of nitrogens with zero attached hydrogens (tertiary/aromatic N) is 2. The molecular weight excluding hydrogens is 316 g/mol. The van der Waals surface area contributed by atoms with Crippen molar-refractivity contribution in [3.8, 4) is 0 Å². The van der Waals surface area contributed by atoms with Gasteiger partial charge in [-0.25, -0.2) is 4.79 Å². The molecule has 1 aliphatic heterocycles. The van der Waals surface area contributed by atoms with Gasteiger partial charge >= 0.3 is 6.03 Å². The van der Waals surface area contributed by atoms with Gasteiger partial charge in [0.1, 0.15) is 0 Å². The zero-order valence-corrected chi connectivity index (χ0v) is 15.7. The van der Waals surface area contributed by atoms with Crippen LogP contribution in [0.5, 0.6) is 0 Å². The molecule has 1 aromatic rings. The Kier molecular flexibility index (Phi) is 7.52. The lowest BCUT2D eigenvalue weighted by Crippen LogP contribution is -2.46. The second kappa shape index (κ2) is 9.63. The molecule has 6 nitrogen and oxygen atoms in total. The highest BCUT2D eigenvalue weighted by atomic mass is 16.3. The summed E-state index contributed by atoms with van der Waals surface area (Å²) in [6.45, 7) is 11.7. The van der Waals surface area contributed by atoms with E-state index in [2.05, 4.69) is 39.5 Å². The summed E-state index contributed by atoms with van der Waals surface area (Å²) in [5.41, 5.74) is 3.10. The van der Waals surface area contributed by atoms with Gasteiger partial charge in [-0.3, -0.25) is 0 Å². The number of benzene rings is 1. The highest BCUT2D eigenvalue weighted by molar-refractivity contribution is 5.90. The van der Waals surface area contributed by atoms with Gasteiger partial charge in [-0.05, 0) is 50.1 Å². The maximum atomic E-state index is 12.1. The number of aryl methyl sites for hydroxylation is 1. The van der Waals surface area contributed by atoms with Crippen LogP contribution in [-0.4, -0.2) is 61.4 Å². The van der Waals surface area contributed by atoms with E-state index in [0.29, 0.717) is 6.42 Å². The summed E-state index contributed by atoms with van der Waals surface area (Å²) in [6.07, 6.45) is 1.38. The number of aliphatic hydroxyl groups is 1. The largest absolute Gasteiger partial charge is 0.396 e. The number of rotatable bonds is 7. The van der Waals surface area contributed by atoms with E-state index in [0.717, 1.165) is 50.4 Å². The Morgan fingerprint density at radius 1 is 1.24 bits per heavy atom. The van der Waals surface area contributed by atoms with Gasteiger partial charge in [0, 0.05) is 50.2 Å². The Morgan fingerprint density at radius 2 is 1.96 bits per heavy atom. The van der Waals surface area contributed by atoms with Gasteiger partial charge in [0.15, 0.2) is 0 Å². The summed E-state index contributed by atoms with van der Waals surface area (Å²) in [7, 11) is 0. The summed E-state index contributed by atoms with van der Waals surface area (Å²) in [5.74, 6) is 0. The van der Waals surface area contributed by atoms with E-state index < -0.39 is 0 Å². The Bertz CT molecular complexity index is 556.